The number of hydrogen-bond acceptors (Lipinski definition) is 2. The molecule has 0 radical (unpaired) electrons. The number of anilines is 3. The molecule has 9 aromatic rings. The third kappa shape index (κ3) is 4.99. The van der Waals surface area contributed by atoms with Gasteiger partial charge in [-0.15, -0.1) is 0 Å². The van der Waals surface area contributed by atoms with Crippen molar-refractivity contribution in [3.05, 3.63) is 173 Å². The van der Waals surface area contributed by atoms with Gasteiger partial charge < -0.3 is 9.47 Å². The van der Waals surface area contributed by atoms with Gasteiger partial charge in [-0.1, -0.05) is 118 Å². The lowest BCUT2D eigenvalue weighted by atomic mass is 9.81. The summed E-state index contributed by atoms with van der Waals surface area (Å²) in [6, 6.07) is 54.9. The minimum Gasteiger partial charge on any atom is -0.309 e. The van der Waals surface area contributed by atoms with E-state index in [0.717, 1.165) is 5.69 Å². The maximum Gasteiger partial charge on any atom is 0.0543 e. The quantitative estimate of drug-likeness (QED) is 0.160. The maximum absolute atomic E-state index is 2.50. The van der Waals surface area contributed by atoms with Crippen LogP contribution in [-0.2, 0) is 5.41 Å². The molecule has 0 N–H and O–H groups in total. The predicted octanol–water partition coefficient (Wildman–Crippen LogP) is 15.2. The first-order valence-electron chi connectivity index (χ1n) is 18.6. The first-order chi connectivity index (χ1) is 26.2. The number of benzene rings is 8. The Bertz CT molecular complexity index is 2930. The maximum atomic E-state index is 2.50. The largest absolute Gasteiger partial charge is 0.309 e. The molecule has 10 rings (SSSR count). The average Bonchev–Trinajstić information content (AvgIpc) is 3.62. The van der Waals surface area contributed by atoms with Crippen LogP contribution < -0.4 is 4.90 Å². The molecule has 0 unspecified atom stereocenters. The van der Waals surface area contributed by atoms with Gasteiger partial charge in [-0.2, -0.15) is 0 Å². The number of halogens is 1. The van der Waals surface area contributed by atoms with Gasteiger partial charge in [0.2, 0.25) is 0 Å². The first-order valence-corrected chi connectivity index (χ1v) is 22.0. The van der Waals surface area contributed by atoms with Gasteiger partial charge in [-0.3, -0.25) is 0 Å². The predicted molar refractivity (Wildman–Crippen MR) is 242 cm³/mol. The highest BCUT2D eigenvalue weighted by Gasteiger charge is 2.38. The van der Waals surface area contributed by atoms with E-state index in [2.05, 4.69) is 211 Å². The second-order valence-corrected chi connectivity index (χ2v) is 17.4. The second-order valence-electron chi connectivity index (χ2n) is 15.5. The molecule has 0 bridgehead atoms. The van der Waals surface area contributed by atoms with Crippen molar-refractivity contribution in [3.8, 4) is 16.8 Å². The summed E-state index contributed by atoms with van der Waals surface area (Å²) in [6.07, 6.45) is 0. The summed E-state index contributed by atoms with van der Waals surface area (Å²) in [5, 5.41) is 7.66. The van der Waals surface area contributed by atoms with Gasteiger partial charge in [0.25, 0.3) is 0 Å². The van der Waals surface area contributed by atoms with Gasteiger partial charge in [0, 0.05) is 64.4 Å². The van der Waals surface area contributed by atoms with E-state index in [1.165, 1.54) is 104 Å². The molecule has 1 aliphatic rings. The Labute approximate surface area is 333 Å². The van der Waals surface area contributed by atoms with Crippen molar-refractivity contribution in [1.29, 1.82) is 0 Å². The molecule has 0 saturated carbocycles. The van der Waals surface area contributed by atoms with Crippen LogP contribution in [0.1, 0.15) is 41.7 Å². The summed E-state index contributed by atoms with van der Waals surface area (Å²) in [6.45, 7) is 11.4. The van der Waals surface area contributed by atoms with E-state index >= 15 is 0 Å². The van der Waals surface area contributed by atoms with Gasteiger partial charge in [-0.25, -0.2) is 0 Å². The molecule has 8 aromatic carbocycles. The standard InChI is InChI=1S/C50H39IN2S/c1-30-14-18-33(19-15-30)52(44-24-25-48(54-51)37-12-8-6-10-35(37)44)47-29-43-49(38-13-9-7-11-36(38)47)39-21-20-34(28-42(39)50(43,4)5)53-45-22-16-31(2)26-40(45)41-27-32(3)17-23-46(41)53/h6-29H,1-5H3. The fraction of sp³-hybridized carbons (Fsp3) is 0.120. The minimum atomic E-state index is -0.242. The molecule has 1 aliphatic carbocycles. The lowest BCUT2D eigenvalue weighted by molar-refractivity contribution is 0.660. The molecular formula is C50H39IN2S. The summed E-state index contributed by atoms with van der Waals surface area (Å²) in [5.74, 6) is 0. The van der Waals surface area contributed by atoms with E-state index in [9.17, 15) is 0 Å². The SMILES string of the molecule is Cc1ccc(N(c2ccc(SI)c3ccccc23)c2cc3c(c4ccccc24)-c2ccc(-n4c5ccc(C)cc5c5cc(C)ccc54)cc2C3(C)C)cc1. The molecule has 54 heavy (non-hydrogen) atoms. The molecule has 0 saturated heterocycles. The van der Waals surface area contributed by atoms with Crippen LogP contribution in [0.3, 0.4) is 0 Å². The number of aromatic nitrogens is 1. The Morgan fingerprint density at radius 1 is 0.519 bits per heavy atom. The van der Waals surface area contributed by atoms with Crippen molar-refractivity contribution in [2.24, 2.45) is 0 Å². The fourth-order valence-electron chi connectivity index (χ4n) is 9.02. The zero-order chi connectivity index (χ0) is 36.9. The normalized spacial score (nSPS) is 13.2. The molecule has 0 spiro atoms. The smallest absolute Gasteiger partial charge is 0.0543 e. The van der Waals surface area contributed by atoms with E-state index in [-0.39, 0.29) is 5.41 Å². The molecular weight excluding hydrogens is 788 g/mol. The van der Waals surface area contributed by atoms with Crippen LogP contribution >= 0.6 is 30.1 Å². The molecule has 0 amide bonds. The highest BCUT2D eigenvalue weighted by molar-refractivity contribution is 14.2. The molecule has 0 atom stereocenters. The van der Waals surface area contributed by atoms with Crippen LogP contribution in [0.5, 0.6) is 0 Å². The van der Waals surface area contributed by atoms with Gasteiger partial charge >= 0.3 is 0 Å². The zero-order valence-corrected chi connectivity index (χ0v) is 34.0. The number of rotatable bonds is 5. The third-order valence-electron chi connectivity index (χ3n) is 11.7. The lowest BCUT2D eigenvalue weighted by Crippen LogP contribution is -2.17. The van der Waals surface area contributed by atoms with Crippen LogP contribution in [0.2, 0.25) is 0 Å². The topological polar surface area (TPSA) is 8.17 Å². The molecule has 0 fully saturated rings. The Morgan fingerprint density at radius 3 is 1.76 bits per heavy atom. The Balaban J connectivity index is 1.22. The number of hydrogen-bond donors (Lipinski definition) is 0. The molecule has 2 nitrogen and oxygen atoms in total. The number of fused-ring (bicyclic) bond motifs is 9. The van der Waals surface area contributed by atoms with Gasteiger partial charge in [-0.05, 0) is 121 Å². The van der Waals surface area contributed by atoms with Gasteiger partial charge in [0.05, 0.1) is 22.4 Å². The zero-order valence-electron chi connectivity index (χ0n) is 31.0. The van der Waals surface area contributed by atoms with Crippen molar-refractivity contribution < 1.29 is 0 Å². The molecule has 262 valence electrons. The van der Waals surface area contributed by atoms with E-state index in [4.69, 9.17) is 0 Å². The van der Waals surface area contributed by atoms with Crippen molar-refractivity contribution in [3.63, 3.8) is 0 Å². The van der Waals surface area contributed by atoms with E-state index in [0.29, 0.717) is 0 Å². The highest BCUT2D eigenvalue weighted by Crippen LogP contribution is 2.55. The Hall–Kier alpha value is -5.04. The fourth-order valence-corrected chi connectivity index (χ4v) is 10.6. The molecule has 1 aromatic heterocycles. The third-order valence-corrected chi connectivity index (χ3v) is 13.6. The molecule has 4 heteroatoms. The van der Waals surface area contributed by atoms with Crippen molar-refractivity contribution in [2.75, 3.05) is 4.90 Å². The van der Waals surface area contributed by atoms with Crippen molar-refractivity contribution in [1.82, 2.24) is 4.57 Å². The van der Waals surface area contributed by atoms with Crippen LogP contribution in [0.4, 0.5) is 17.1 Å². The van der Waals surface area contributed by atoms with Crippen LogP contribution in [-0.4, -0.2) is 4.57 Å². The summed E-state index contributed by atoms with van der Waals surface area (Å²) in [5.41, 5.74) is 16.2. The average molecular weight is 827 g/mol. The summed E-state index contributed by atoms with van der Waals surface area (Å²) in [7, 11) is 1.78. The summed E-state index contributed by atoms with van der Waals surface area (Å²) >= 11 is 2.41. The van der Waals surface area contributed by atoms with E-state index in [1.54, 1.807) is 8.93 Å². The Kier molecular flexibility index (Phi) is 7.76. The van der Waals surface area contributed by atoms with E-state index < -0.39 is 0 Å². The Morgan fingerprint density at radius 2 is 1.11 bits per heavy atom. The number of nitrogens with zero attached hydrogens (tertiary/aromatic N) is 2. The van der Waals surface area contributed by atoms with Crippen LogP contribution in [0.25, 0.3) is 60.2 Å². The highest BCUT2D eigenvalue weighted by atomic mass is 127. The lowest BCUT2D eigenvalue weighted by Gasteiger charge is -2.31. The minimum absolute atomic E-state index is 0.242. The van der Waals surface area contributed by atoms with Crippen LogP contribution in [0, 0.1) is 20.8 Å². The summed E-state index contributed by atoms with van der Waals surface area (Å²) in [4.78, 5) is 3.78. The summed E-state index contributed by atoms with van der Waals surface area (Å²) < 4.78 is 2.47. The number of aryl methyl sites for hydroxylation is 3. The van der Waals surface area contributed by atoms with Gasteiger partial charge in [0.1, 0.15) is 0 Å². The molecule has 1 heterocycles. The monoisotopic (exact) mass is 826 g/mol. The van der Waals surface area contributed by atoms with Crippen molar-refractivity contribution in [2.45, 2.75) is 44.9 Å². The van der Waals surface area contributed by atoms with Crippen LogP contribution in [0.15, 0.2) is 150 Å². The second kappa shape index (κ2) is 12.5. The van der Waals surface area contributed by atoms with Crippen molar-refractivity contribution >= 4 is 90.6 Å². The first kappa shape index (κ1) is 33.5. The van der Waals surface area contributed by atoms with Gasteiger partial charge in [0.15, 0.2) is 0 Å². The molecule has 0 aliphatic heterocycles. The van der Waals surface area contributed by atoms with E-state index in [1.807, 2.05) is 0 Å².